The van der Waals surface area contributed by atoms with Crippen molar-refractivity contribution >= 4 is 20.9 Å². The molecule has 4 rings (SSSR count). The van der Waals surface area contributed by atoms with Gasteiger partial charge in [0.25, 0.3) is 0 Å². The molecule has 0 fully saturated rings. The number of hydrogen-bond acceptors (Lipinski definition) is 7. The molecule has 0 atom stereocenters. The van der Waals surface area contributed by atoms with E-state index >= 15 is 0 Å². The molecule has 0 spiro atoms. The Morgan fingerprint density at radius 2 is 1.41 bits per heavy atom. The molecule has 168 valence electrons. The van der Waals surface area contributed by atoms with Crippen LogP contribution in [0.15, 0.2) is 78.0 Å². The highest BCUT2D eigenvalue weighted by atomic mass is 32.2. The predicted molar refractivity (Wildman–Crippen MR) is 121 cm³/mol. The zero-order valence-corrected chi connectivity index (χ0v) is 18.2. The lowest BCUT2D eigenvalue weighted by atomic mass is 10.2. The lowest BCUT2D eigenvalue weighted by Crippen LogP contribution is -2.10. The van der Waals surface area contributed by atoms with Gasteiger partial charge in [-0.15, -0.1) is 0 Å². The van der Waals surface area contributed by atoms with Crippen LogP contribution in [-0.4, -0.2) is 34.2 Å². The highest BCUT2D eigenvalue weighted by molar-refractivity contribution is 7.87. The van der Waals surface area contributed by atoms with Gasteiger partial charge in [0.15, 0.2) is 0 Å². The zero-order chi connectivity index (χ0) is 22.6. The van der Waals surface area contributed by atoms with Crippen molar-refractivity contribution in [3.63, 3.8) is 0 Å². The fourth-order valence-electron chi connectivity index (χ4n) is 3.00. The molecule has 1 heterocycles. The van der Waals surface area contributed by atoms with Gasteiger partial charge in [0.2, 0.25) is 0 Å². The maximum Gasteiger partial charge on any atom is 0.339 e. The van der Waals surface area contributed by atoms with Crippen LogP contribution in [0.5, 0.6) is 23.0 Å². The van der Waals surface area contributed by atoms with Crippen LogP contribution in [-0.2, 0) is 10.1 Å². The molecule has 32 heavy (non-hydrogen) atoms. The van der Waals surface area contributed by atoms with Gasteiger partial charge in [0.05, 0.1) is 0 Å². The van der Waals surface area contributed by atoms with E-state index < -0.39 is 10.1 Å². The van der Waals surface area contributed by atoms with E-state index in [4.69, 9.17) is 14.4 Å². The van der Waals surface area contributed by atoms with Crippen LogP contribution in [0.25, 0.3) is 10.8 Å². The lowest BCUT2D eigenvalue weighted by molar-refractivity contribution is 0.449. The van der Waals surface area contributed by atoms with Gasteiger partial charge in [0.1, 0.15) is 27.9 Å². The first-order valence-corrected chi connectivity index (χ1v) is 10.6. The molecule has 0 saturated heterocycles. The van der Waals surface area contributed by atoms with Gasteiger partial charge in [-0.25, -0.2) is 0 Å². The minimum absolute atomic E-state index is 0. The molecular formula is C23H23NO7S. The molecule has 5 N–H and O–H groups in total. The number of phenolic OH excluding ortho intramolecular Hbond substituents is 3. The summed E-state index contributed by atoms with van der Waals surface area (Å²) in [4.78, 5) is 4.04. The molecule has 0 unspecified atom stereocenters. The summed E-state index contributed by atoms with van der Waals surface area (Å²) in [5.74, 6) is 0.232. The third-order valence-electron chi connectivity index (χ3n) is 4.20. The third-order valence-corrected chi connectivity index (χ3v) is 5.51. The van der Waals surface area contributed by atoms with Crippen molar-refractivity contribution in [2.75, 3.05) is 0 Å². The number of nitrogens with zero attached hydrogens (tertiary/aromatic N) is 1. The second-order valence-electron chi connectivity index (χ2n) is 6.92. The van der Waals surface area contributed by atoms with Gasteiger partial charge < -0.3 is 25.0 Å². The van der Waals surface area contributed by atoms with Gasteiger partial charge >= 0.3 is 10.1 Å². The predicted octanol–water partition coefficient (Wildman–Crippen LogP) is 3.60. The number of aromatic hydroxyl groups is 3. The highest BCUT2D eigenvalue weighted by Gasteiger charge is 2.20. The molecule has 0 aliphatic carbocycles. The average molecular weight is 458 g/mol. The number of aryl methyl sites for hydroxylation is 2. The molecular weight excluding hydrogens is 434 g/mol. The van der Waals surface area contributed by atoms with Crippen LogP contribution in [0.1, 0.15) is 11.1 Å². The van der Waals surface area contributed by atoms with Crippen LogP contribution in [0.2, 0.25) is 0 Å². The molecule has 0 aliphatic heterocycles. The van der Waals surface area contributed by atoms with Gasteiger partial charge in [-0.1, -0.05) is 12.1 Å². The number of phenols is 3. The molecule has 0 radical (unpaired) electrons. The van der Waals surface area contributed by atoms with Crippen molar-refractivity contribution in [1.29, 1.82) is 0 Å². The number of benzene rings is 3. The SMILES string of the molecule is Cc1cc(O)cc(O)c1.Cc1cc(O)cc(OS(=O)(=O)c2cccc3cnccc23)c1.O. The Labute approximate surface area is 185 Å². The summed E-state index contributed by atoms with van der Waals surface area (Å²) in [6, 6.07) is 15.3. The summed E-state index contributed by atoms with van der Waals surface area (Å²) >= 11 is 0. The molecule has 0 amide bonds. The zero-order valence-electron chi connectivity index (χ0n) is 17.4. The molecule has 0 saturated carbocycles. The lowest BCUT2D eigenvalue weighted by Gasteiger charge is -2.10. The number of aromatic nitrogens is 1. The first kappa shape index (κ1) is 24.4. The van der Waals surface area contributed by atoms with Crippen molar-refractivity contribution in [3.05, 3.63) is 84.2 Å². The number of hydrogen-bond donors (Lipinski definition) is 3. The summed E-state index contributed by atoms with van der Waals surface area (Å²) in [6.07, 6.45) is 3.12. The minimum atomic E-state index is -4.01. The van der Waals surface area contributed by atoms with E-state index in [2.05, 4.69) is 4.98 Å². The van der Waals surface area contributed by atoms with Crippen LogP contribution < -0.4 is 4.18 Å². The highest BCUT2D eigenvalue weighted by Crippen LogP contribution is 2.28. The van der Waals surface area contributed by atoms with E-state index in [1.54, 1.807) is 56.4 Å². The topological polar surface area (TPSA) is 148 Å². The van der Waals surface area contributed by atoms with Crippen LogP contribution in [0.4, 0.5) is 0 Å². The first-order chi connectivity index (χ1) is 14.6. The van der Waals surface area contributed by atoms with E-state index in [1.165, 1.54) is 30.5 Å². The number of pyridine rings is 1. The molecule has 3 aromatic carbocycles. The maximum atomic E-state index is 12.5. The molecule has 0 bridgehead atoms. The third kappa shape index (κ3) is 6.10. The summed E-state index contributed by atoms with van der Waals surface area (Å²) in [7, 11) is -4.01. The van der Waals surface area contributed by atoms with Crippen molar-refractivity contribution in [3.8, 4) is 23.0 Å². The van der Waals surface area contributed by atoms with Crippen molar-refractivity contribution < 1.29 is 33.4 Å². The summed E-state index contributed by atoms with van der Waals surface area (Å²) < 4.78 is 30.2. The van der Waals surface area contributed by atoms with Crippen LogP contribution in [0.3, 0.4) is 0 Å². The monoisotopic (exact) mass is 457 g/mol. The van der Waals surface area contributed by atoms with Gasteiger partial charge in [-0.2, -0.15) is 8.42 Å². The second kappa shape index (κ2) is 9.99. The molecule has 9 heteroatoms. The van der Waals surface area contributed by atoms with Gasteiger partial charge in [-0.05, 0) is 61.4 Å². The maximum absolute atomic E-state index is 12.5. The van der Waals surface area contributed by atoms with E-state index in [1.807, 2.05) is 0 Å². The van der Waals surface area contributed by atoms with Crippen LogP contribution >= 0.6 is 0 Å². The van der Waals surface area contributed by atoms with Crippen molar-refractivity contribution in [2.45, 2.75) is 18.7 Å². The fraction of sp³-hybridized carbons (Fsp3) is 0.0870. The normalized spacial score (nSPS) is 10.6. The largest absolute Gasteiger partial charge is 0.508 e. The van der Waals surface area contributed by atoms with E-state index in [9.17, 15) is 13.5 Å². The van der Waals surface area contributed by atoms with E-state index in [-0.39, 0.29) is 33.4 Å². The summed E-state index contributed by atoms with van der Waals surface area (Å²) in [6.45, 7) is 3.54. The number of rotatable bonds is 3. The quantitative estimate of drug-likeness (QED) is 0.398. The van der Waals surface area contributed by atoms with Crippen molar-refractivity contribution in [2.24, 2.45) is 0 Å². The van der Waals surface area contributed by atoms with Crippen molar-refractivity contribution in [1.82, 2.24) is 4.98 Å². The molecule has 4 aromatic rings. The Bertz CT molecular complexity index is 1260. The standard InChI is InChI=1S/C16H13NO4S.C7H8O2.H2O/c1-11-7-13(18)9-14(8-11)21-22(19,20)16-4-2-3-12-10-17-6-5-15(12)16;1-5-2-6(8)4-7(9)3-5;/h2-10,18H,1H3;2-4,8-9H,1H3;1H2. The Hall–Kier alpha value is -3.82. The van der Waals surface area contributed by atoms with E-state index in [0.29, 0.717) is 16.3 Å². The molecule has 8 nitrogen and oxygen atoms in total. The Morgan fingerprint density at radius 3 is 2.00 bits per heavy atom. The molecule has 1 aromatic heterocycles. The Morgan fingerprint density at radius 1 is 0.812 bits per heavy atom. The summed E-state index contributed by atoms with van der Waals surface area (Å²) in [5.41, 5.74) is 1.56. The first-order valence-electron chi connectivity index (χ1n) is 9.21. The smallest absolute Gasteiger partial charge is 0.339 e. The summed E-state index contributed by atoms with van der Waals surface area (Å²) in [5, 5.41) is 28.5. The average Bonchev–Trinajstić information content (AvgIpc) is 2.65. The van der Waals surface area contributed by atoms with Gasteiger partial charge in [-0.3, -0.25) is 4.98 Å². The number of fused-ring (bicyclic) bond motifs is 1. The molecule has 0 aliphatic rings. The second-order valence-corrected chi connectivity index (χ2v) is 8.44. The Kier molecular flexibility index (Phi) is 7.63. The van der Waals surface area contributed by atoms with Crippen LogP contribution in [0, 0.1) is 13.8 Å². The van der Waals surface area contributed by atoms with E-state index in [0.717, 1.165) is 5.56 Å². The Balaban J connectivity index is 0.000000307. The van der Waals surface area contributed by atoms with Gasteiger partial charge in [0, 0.05) is 35.3 Å². The minimum Gasteiger partial charge on any atom is -0.508 e. The fourth-order valence-corrected chi connectivity index (χ4v) is 4.14.